The molecule has 28 heavy (non-hydrogen) atoms. The molecule has 2 N–H and O–H groups in total. The fourth-order valence-corrected chi connectivity index (χ4v) is 2.75. The van der Waals surface area contributed by atoms with Crippen LogP contribution in [0.4, 0.5) is 4.39 Å². The highest BCUT2D eigenvalue weighted by Gasteiger charge is 2.16. The zero-order valence-electron chi connectivity index (χ0n) is 15.7. The maximum atomic E-state index is 12.9. The summed E-state index contributed by atoms with van der Waals surface area (Å²) in [6.45, 7) is 0.382. The third-order valence-electron chi connectivity index (χ3n) is 4.29. The predicted octanol–water partition coefficient (Wildman–Crippen LogP) is 2.78. The van der Waals surface area contributed by atoms with Crippen molar-refractivity contribution in [2.75, 3.05) is 14.1 Å². The second-order valence-corrected chi connectivity index (χ2v) is 6.64. The van der Waals surface area contributed by atoms with Gasteiger partial charge in [-0.25, -0.2) is 4.39 Å². The van der Waals surface area contributed by atoms with Gasteiger partial charge >= 0.3 is 0 Å². The Balaban J connectivity index is 1.61. The minimum Gasteiger partial charge on any atom is -0.352 e. The van der Waals surface area contributed by atoms with E-state index in [0.717, 1.165) is 16.7 Å². The van der Waals surface area contributed by atoms with Crippen LogP contribution >= 0.6 is 0 Å². The average molecular weight is 380 g/mol. The minimum atomic E-state index is -0.322. The van der Waals surface area contributed by atoms with Crippen molar-refractivity contribution in [3.63, 3.8) is 0 Å². The topological polar surface area (TPSA) is 78.1 Å². The first-order valence-corrected chi connectivity index (χ1v) is 8.79. The van der Waals surface area contributed by atoms with Gasteiger partial charge in [-0.3, -0.25) is 14.7 Å². The largest absolute Gasteiger partial charge is 0.352 e. The van der Waals surface area contributed by atoms with Crippen molar-refractivity contribution in [2.24, 2.45) is 0 Å². The van der Waals surface area contributed by atoms with Crippen LogP contribution in [-0.2, 0) is 17.8 Å². The Morgan fingerprint density at radius 3 is 2.32 bits per heavy atom. The second kappa shape index (κ2) is 8.47. The van der Waals surface area contributed by atoms with Crippen LogP contribution in [0.2, 0.25) is 0 Å². The van der Waals surface area contributed by atoms with Gasteiger partial charge in [0.25, 0.3) is 5.91 Å². The van der Waals surface area contributed by atoms with E-state index in [4.69, 9.17) is 0 Å². The van der Waals surface area contributed by atoms with Crippen molar-refractivity contribution in [3.8, 4) is 11.3 Å². The summed E-state index contributed by atoms with van der Waals surface area (Å²) in [5, 5.41) is 9.69. The van der Waals surface area contributed by atoms with Crippen LogP contribution in [0, 0.1) is 5.82 Å². The van der Waals surface area contributed by atoms with Crippen molar-refractivity contribution in [2.45, 2.75) is 13.0 Å². The van der Waals surface area contributed by atoms with E-state index in [1.165, 1.54) is 23.2 Å². The Bertz CT molecular complexity index is 963. The van der Waals surface area contributed by atoms with E-state index in [2.05, 4.69) is 15.5 Å². The molecule has 3 rings (SSSR count). The fourth-order valence-electron chi connectivity index (χ4n) is 2.75. The maximum Gasteiger partial charge on any atom is 0.257 e. The first kappa shape index (κ1) is 19.3. The van der Waals surface area contributed by atoms with Crippen LogP contribution in [0.3, 0.4) is 0 Å². The zero-order valence-corrected chi connectivity index (χ0v) is 15.7. The number of hydrogen-bond donors (Lipinski definition) is 2. The molecule has 2 aromatic carbocycles. The van der Waals surface area contributed by atoms with Gasteiger partial charge in [-0.1, -0.05) is 36.4 Å². The number of halogens is 1. The van der Waals surface area contributed by atoms with E-state index in [0.29, 0.717) is 17.8 Å². The fraction of sp³-hybridized carbons (Fsp3) is 0.190. The summed E-state index contributed by atoms with van der Waals surface area (Å²) in [6.07, 6.45) is 1.71. The van der Waals surface area contributed by atoms with Crippen molar-refractivity contribution < 1.29 is 14.0 Å². The molecule has 0 spiro atoms. The summed E-state index contributed by atoms with van der Waals surface area (Å²) in [5.74, 6) is -0.582. The number of aromatic amines is 1. The lowest BCUT2D eigenvalue weighted by Gasteiger charge is -2.10. The van der Waals surface area contributed by atoms with E-state index in [9.17, 15) is 14.0 Å². The molecule has 1 heterocycles. The van der Waals surface area contributed by atoms with E-state index in [1.807, 2.05) is 24.3 Å². The third-order valence-corrected chi connectivity index (χ3v) is 4.29. The molecule has 0 atom stereocenters. The summed E-state index contributed by atoms with van der Waals surface area (Å²) in [6, 6.07) is 13.4. The van der Waals surface area contributed by atoms with E-state index >= 15 is 0 Å². The molecule has 144 valence electrons. The van der Waals surface area contributed by atoms with E-state index in [-0.39, 0.29) is 24.1 Å². The van der Waals surface area contributed by atoms with Crippen LogP contribution in [0.15, 0.2) is 54.7 Å². The third kappa shape index (κ3) is 4.62. The van der Waals surface area contributed by atoms with Crippen LogP contribution in [0.5, 0.6) is 0 Å². The van der Waals surface area contributed by atoms with Gasteiger partial charge in [0.2, 0.25) is 5.91 Å². The molecule has 0 fully saturated rings. The molecule has 0 aliphatic carbocycles. The number of amides is 2. The molecule has 1 aromatic heterocycles. The molecule has 0 bridgehead atoms. The molecule has 3 aromatic rings. The number of nitrogens with zero attached hydrogens (tertiary/aromatic N) is 2. The number of nitrogens with one attached hydrogen (secondary N) is 2. The number of benzene rings is 2. The molecule has 0 aliphatic heterocycles. The first-order valence-electron chi connectivity index (χ1n) is 8.79. The van der Waals surface area contributed by atoms with Crippen LogP contribution in [0.1, 0.15) is 21.5 Å². The molecule has 2 amide bonds. The molecule has 7 heteroatoms. The maximum absolute atomic E-state index is 12.9. The summed E-state index contributed by atoms with van der Waals surface area (Å²) in [4.78, 5) is 25.8. The van der Waals surface area contributed by atoms with E-state index in [1.54, 1.807) is 26.2 Å². The van der Waals surface area contributed by atoms with Crippen LogP contribution in [0.25, 0.3) is 11.3 Å². The number of hydrogen-bond acceptors (Lipinski definition) is 3. The Kier molecular flexibility index (Phi) is 5.84. The standard InChI is InChI=1S/C21H21FN4O2/c1-26(2)21(28)18-13-24-25-20(18)16-7-3-15(4-8-16)12-23-19(27)11-14-5-9-17(22)10-6-14/h3-10,13H,11-12H2,1-2H3,(H,23,27)(H,24,25). The SMILES string of the molecule is CN(C)C(=O)c1cn[nH]c1-c1ccc(CNC(=O)Cc2ccc(F)cc2)cc1. The highest BCUT2D eigenvalue weighted by molar-refractivity contribution is 5.99. The van der Waals surface area contributed by atoms with Crippen molar-refractivity contribution in [3.05, 3.63) is 77.2 Å². The summed E-state index contributed by atoms with van der Waals surface area (Å²) >= 11 is 0. The normalized spacial score (nSPS) is 10.5. The summed E-state index contributed by atoms with van der Waals surface area (Å²) in [7, 11) is 3.38. The molecule has 0 aliphatic rings. The number of H-pyrrole nitrogens is 1. The van der Waals surface area contributed by atoms with Gasteiger partial charge in [0.15, 0.2) is 0 Å². The van der Waals surface area contributed by atoms with Gasteiger partial charge in [-0.2, -0.15) is 5.10 Å². The van der Waals surface area contributed by atoms with Gasteiger partial charge < -0.3 is 10.2 Å². The summed E-state index contributed by atoms with van der Waals surface area (Å²) < 4.78 is 12.9. The predicted molar refractivity (Wildman–Crippen MR) is 104 cm³/mol. The minimum absolute atomic E-state index is 0.124. The van der Waals surface area contributed by atoms with Crippen molar-refractivity contribution in [1.29, 1.82) is 0 Å². The molecular formula is C21H21FN4O2. The Labute approximate surface area is 162 Å². The number of carbonyl (C=O) groups excluding carboxylic acids is 2. The molecule has 0 unspecified atom stereocenters. The quantitative estimate of drug-likeness (QED) is 0.690. The van der Waals surface area contributed by atoms with Crippen LogP contribution < -0.4 is 5.32 Å². The van der Waals surface area contributed by atoms with Crippen molar-refractivity contribution in [1.82, 2.24) is 20.4 Å². The lowest BCUT2D eigenvalue weighted by atomic mass is 10.1. The average Bonchev–Trinajstić information content (AvgIpc) is 3.17. The zero-order chi connectivity index (χ0) is 20.1. The Morgan fingerprint density at radius 1 is 1.04 bits per heavy atom. The number of carbonyl (C=O) groups is 2. The molecule has 0 radical (unpaired) electrons. The molecule has 0 saturated carbocycles. The molecular weight excluding hydrogens is 359 g/mol. The van der Waals surface area contributed by atoms with Gasteiger partial charge in [0.1, 0.15) is 5.82 Å². The molecule has 6 nitrogen and oxygen atoms in total. The number of aromatic nitrogens is 2. The van der Waals surface area contributed by atoms with Gasteiger partial charge in [-0.15, -0.1) is 0 Å². The lowest BCUT2D eigenvalue weighted by molar-refractivity contribution is -0.120. The molecule has 0 saturated heterocycles. The lowest BCUT2D eigenvalue weighted by Crippen LogP contribution is -2.24. The number of rotatable bonds is 6. The smallest absolute Gasteiger partial charge is 0.257 e. The highest BCUT2D eigenvalue weighted by Crippen LogP contribution is 2.22. The first-order chi connectivity index (χ1) is 13.4. The van der Waals surface area contributed by atoms with E-state index < -0.39 is 0 Å². The second-order valence-electron chi connectivity index (χ2n) is 6.64. The highest BCUT2D eigenvalue weighted by atomic mass is 19.1. The van der Waals surface area contributed by atoms with Crippen molar-refractivity contribution >= 4 is 11.8 Å². The van der Waals surface area contributed by atoms with Gasteiger partial charge in [0.05, 0.1) is 23.9 Å². The summed E-state index contributed by atoms with van der Waals surface area (Å²) in [5.41, 5.74) is 3.68. The van der Waals surface area contributed by atoms with Gasteiger partial charge in [-0.05, 0) is 23.3 Å². The Hall–Kier alpha value is -3.48. The Morgan fingerprint density at radius 2 is 1.68 bits per heavy atom. The van der Waals surface area contributed by atoms with Gasteiger partial charge in [0, 0.05) is 26.2 Å². The monoisotopic (exact) mass is 380 g/mol. The van der Waals surface area contributed by atoms with Crippen LogP contribution in [-0.4, -0.2) is 41.0 Å².